The number of hydrogen-bond donors (Lipinski definition) is 1. The summed E-state index contributed by atoms with van der Waals surface area (Å²) in [6.07, 6.45) is 3.68. The van der Waals surface area contributed by atoms with E-state index >= 15 is 0 Å². The lowest BCUT2D eigenvalue weighted by Gasteiger charge is -2.40. The predicted molar refractivity (Wildman–Crippen MR) is 110 cm³/mol. The Kier molecular flexibility index (Phi) is 5.42. The average Bonchev–Trinajstić information content (AvgIpc) is 3.04. The van der Waals surface area contributed by atoms with Crippen LogP contribution in [0.3, 0.4) is 0 Å². The minimum Gasteiger partial charge on any atom is -0.383 e. The number of amides is 1. The Labute approximate surface area is 171 Å². The van der Waals surface area contributed by atoms with Crippen molar-refractivity contribution in [1.29, 1.82) is 0 Å². The molecule has 0 bridgehead atoms. The number of hydrogen-bond acceptors (Lipinski definition) is 7. The summed E-state index contributed by atoms with van der Waals surface area (Å²) in [5.74, 6) is -0.186. The quantitative estimate of drug-likeness (QED) is 0.663. The van der Waals surface area contributed by atoms with E-state index in [1.807, 2.05) is 19.9 Å². The van der Waals surface area contributed by atoms with E-state index in [1.165, 1.54) is 17.4 Å². The minimum absolute atomic E-state index is 0.0762. The second-order valence-electron chi connectivity index (χ2n) is 7.17. The van der Waals surface area contributed by atoms with Crippen LogP contribution in [0.1, 0.15) is 40.3 Å². The van der Waals surface area contributed by atoms with E-state index in [2.05, 4.69) is 20.3 Å². The van der Waals surface area contributed by atoms with Crippen LogP contribution in [0.15, 0.2) is 24.5 Å². The maximum atomic E-state index is 13.5. The first-order valence-corrected chi connectivity index (χ1v) is 10.2. The normalized spacial score (nSPS) is 17.2. The Morgan fingerprint density at radius 2 is 2.24 bits per heavy atom. The van der Waals surface area contributed by atoms with Gasteiger partial charge in [-0.25, -0.2) is 14.4 Å². The molecule has 9 heteroatoms. The largest absolute Gasteiger partial charge is 0.383 e. The summed E-state index contributed by atoms with van der Waals surface area (Å²) in [5.41, 5.74) is 1.79. The maximum absolute atomic E-state index is 13.5. The van der Waals surface area contributed by atoms with Crippen molar-refractivity contribution in [3.05, 3.63) is 46.5 Å². The van der Waals surface area contributed by atoms with E-state index in [4.69, 9.17) is 4.74 Å². The van der Waals surface area contributed by atoms with E-state index < -0.39 is 5.82 Å². The molecule has 1 saturated heterocycles. The molecule has 1 amide bonds. The van der Waals surface area contributed by atoms with Gasteiger partial charge >= 0.3 is 0 Å². The van der Waals surface area contributed by atoms with E-state index in [0.29, 0.717) is 30.4 Å². The van der Waals surface area contributed by atoms with Crippen LogP contribution >= 0.6 is 11.3 Å². The van der Waals surface area contributed by atoms with Gasteiger partial charge in [0, 0.05) is 24.7 Å². The molecule has 4 rings (SSSR count). The van der Waals surface area contributed by atoms with Crippen molar-refractivity contribution in [3.8, 4) is 0 Å². The maximum Gasteiger partial charge on any atom is 0.274 e. The molecule has 1 aliphatic heterocycles. The third-order valence-electron chi connectivity index (χ3n) is 5.03. The van der Waals surface area contributed by atoms with Crippen LogP contribution in [-0.4, -0.2) is 52.1 Å². The van der Waals surface area contributed by atoms with Gasteiger partial charge in [-0.15, -0.1) is 11.3 Å². The topological polar surface area (TPSA) is 80.2 Å². The fraction of sp³-hybridized carbons (Fsp3) is 0.400. The molecule has 29 heavy (non-hydrogen) atoms. The molecule has 0 aliphatic carbocycles. The summed E-state index contributed by atoms with van der Waals surface area (Å²) in [6, 6.07) is 3.16. The van der Waals surface area contributed by atoms with Gasteiger partial charge in [-0.05, 0) is 38.0 Å². The van der Waals surface area contributed by atoms with Crippen LogP contribution in [0.25, 0.3) is 10.2 Å². The van der Waals surface area contributed by atoms with Crippen LogP contribution in [0.2, 0.25) is 0 Å². The van der Waals surface area contributed by atoms with Crippen LogP contribution in [0, 0.1) is 12.7 Å². The van der Waals surface area contributed by atoms with E-state index in [0.717, 1.165) is 27.7 Å². The van der Waals surface area contributed by atoms with Crippen LogP contribution < -0.4 is 5.32 Å². The number of halogens is 1. The molecule has 1 aliphatic rings. The number of carbonyl (C=O) groups excluding carboxylic acids is 1. The lowest BCUT2D eigenvalue weighted by Crippen LogP contribution is -2.53. The molecule has 1 N–H and O–H groups in total. The number of ether oxygens (including phenoxy) is 1. The lowest BCUT2D eigenvalue weighted by molar-refractivity contribution is 0.0199. The third-order valence-corrected chi connectivity index (χ3v) is 6.08. The standard InChI is InChI=1S/C20H22FN5O2S/c1-11-6-16-18(29-11)17(19(27)26-5-4-15(26)10-28-3)25-20(24-16)23-12(2)13-7-14(21)9-22-8-13/h6-9,12,15H,4-5,10H2,1-3H3,(H,23,24,25)/t12?,15-/m0/s1. The molecule has 4 heterocycles. The first-order chi connectivity index (χ1) is 14.0. The Bertz CT molecular complexity index is 1060. The highest BCUT2D eigenvalue weighted by Crippen LogP contribution is 2.31. The number of likely N-dealkylation sites (tertiary alicyclic amines) is 1. The first kappa shape index (κ1) is 19.7. The molecule has 0 radical (unpaired) electrons. The highest BCUT2D eigenvalue weighted by molar-refractivity contribution is 7.19. The summed E-state index contributed by atoms with van der Waals surface area (Å²) in [6.45, 7) is 5.05. The van der Waals surface area contributed by atoms with Gasteiger partial charge in [0.1, 0.15) is 5.82 Å². The number of thiophene rings is 1. The van der Waals surface area contributed by atoms with Gasteiger partial charge in [0.2, 0.25) is 5.95 Å². The van der Waals surface area contributed by atoms with Gasteiger partial charge in [-0.3, -0.25) is 9.78 Å². The average molecular weight is 415 g/mol. The number of carbonyl (C=O) groups is 1. The van der Waals surface area contributed by atoms with Crippen LogP contribution in [0.4, 0.5) is 10.3 Å². The number of nitrogens with zero attached hydrogens (tertiary/aromatic N) is 4. The number of pyridine rings is 1. The number of methoxy groups -OCH3 is 1. The molecular weight excluding hydrogens is 393 g/mol. The molecule has 3 aromatic rings. The molecule has 2 atom stereocenters. The van der Waals surface area contributed by atoms with Gasteiger partial charge < -0.3 is 15.0 Å². The van der Waals surface area contributed by atoms with Crippen molar-refractivity contribution < 1.29 is 13.9 Å². The third kappa shape index (κ3) is 3.92. The molecule has 3 aromatic heterocycles. The number of nitrogens with one attached hydrogen (secondary N) is 1. The second-order valence-corrected chi connectivity index (χ2v) is 8.42. The predicted octanol–water partition coefficient (Wildman–Crippen LogP) is 3.57. The first-order valence-electron chi connectivity index (χ1n) is 9.41. The number of rotatable bonds is 6. The molecule has 152 valence electrons. The molecule has 0 spiro atoms. The zero-order chi connectivity index (χ0) is 20.5. The van der Waals surface area contributed by atoms with Gasteiger partial charge in [0.25, 0.3) is 5.91 Å². The van der Waals surface area contributed by atoms with Crippen molar-refractivity contribution in [2.24, 2.45) is 0 Å². The summed E-state index contributed by atoms with van der Waals surface area (Å²) in [5, 5.41) is 3.17. The van der Waals surface area contributed by atoms with Gasteiger partial charge in [-0.2, -0.15) is 0 Å². The molecule has 7 nitrogen and oxygen atoms in total. The molecule has 1 unspecified atom stereocenters. The molecule has 1 fully saturated rings. The van der Waals surface area contributed by atoms with Crippen molar-refractivity contribution >= 4 is 33.4 Å². The summed E-state index contributed by atoms with van der Waals surface area (Å²) < 4.78 is 19.5. The van der Waals surface area contributed by atoms with Gasteiger partial charge in [-0.1, -0.05) is 0 Å². The Hall–Kier alpha value is -2.65. The van der Waals surface area contributed by atoms with Crippen LogP contribution in [0.5, 0.6) is 0 Å². The zero-order valence-electron chi connectivity index (χ0n) is 16.5. The second kappa shape index (κ2) is 8.00. The highest BCUT2D eigenvalue weighted by atomic mass is 32.1. The van der Waals surface area contributed by atoms with Crippen LogP contribution in [-0.2, 0) is 4.74 Å². The zero-order valence-corrected chi connectivity index (χ0v) is 17.3. The van der Waals surface area contributed by atoms with E-state index in [1.54, 1.807) is 18.2 Å². The SMILES string of the molecule is COC[C@@H]1CCN1C(=O)c1nc(NC(C)c2cncc(F)c2)nc2cc(C)sc12. The minimum atomic E-state index is -0.404. The van der Waals surface area contributed by atoms with Crippen molar-refractivity contribution in [2.75, 3.05) is 25.6 Å². The van der Waals surface area contributed by atoms with Crippen molar-refractivity contribution in [1.82, 2.24) is 19.9 Å². The molecule has 0 saturated carbocycles. The molecule has 0 aromatic carbocycles. The fourth-order valence-electron chi connectivity index (χ4n) is 3.41. The van der Waals surface area contributed by atoms with E-state index in [-0.39, 0.29) is 18.0 Å². The highest BCUT2D eigenvalue weighted by Gasteiger charge is 2.34. The fourth-order valence-corrected chi connectivity index (χ4v) is 4.34. The van der Waals surface area contributed by atoms with Gasteiger partial charge in [0.15, 0.2) is 5.69 Å². The van der Waals surface area contributed by atoms with Crippen molar-refractivity contribution in [3.63, 3.8) is 0 Å². The van der Waals surface area contributed by atoms with Gasteiger partial charge in [0.05, 0.1) is 35.1 Å². The number of aryl methyl sites for hydroxylation is 1. The monoisotopic (exact) mass is 415 g/mol. The van der Waals surface area contributed by atoms with E-state index in [9.17, 15) is 9.18 Å². The number of anilines is 1. The Morgan fingerprint density at radius 1 is 1.41 bits per heavy atom. The number of fused-ring (bicyclic) bond motifs is 1. The summed E-state index contributed by atoms with van der Waals surface area (Å²) >= 11 is 1.51. The Balaban J connectivity index is 1.66. The lowest BCUT2D eigenvalue weighted by atomic mass is 10.0. The molecular formula is C20H22FN5O2S. The number of aromatic nitrogens is 3. The summed E-state index contributed by atoms with van der Waals surface area (Å²) in [7, 11) is 1.64. The Morgan fingerprint density at radius 3 is 2.93 bits per heavy atom. The smallest absolute Gasteiger partial charge is 0.274 e. The summed E-state index contributed by atoms with van der Waals surface area (Å²) in [4.78, 5) is 29.0. The van der Waals surface area contributed by atoms with Crippen molar-refractivity contribution in [2.45, 2.75) is 32.4 Å².